The van der Waals surface area contributed by atoms with E-state index in [4.69, 9.17) is 0 Å². The Morgan fingerprint density at radius 2 is 2.18 bits per heavy atom. The van der Waals surface area contributed by atoms with Crippen LogP contribution < -0.4 is 5.56 Å². The summed E-state index contributed by atoms with van der Waals surface area (Å²) >= 11 is 4.60. The van der Waals surface area contributed by atoms with Gasteiger partial charge in [0, 0.05) is 23.7 Å². The third kappa shape index (κ3) is 3.37. The fraction of sp³-hybridized carbons (Fsp3) is 0.385. The van der Waals surface area contributed by atoms with Crippen molar-refractivity contribution in [3.05, 3.63) is 38.2 Å². The van der Waals surface area contributed by atoms with Crippen LogP contribution in [0.4, 0.5) is 0 Å². The Morgan fingerprint density at radius 3 is 2.86 bits per heavy atom. The number of rotatable bonds is 5. The molecule has 116 valence electrons. The zero-order chi connectivity index (χ0) is 15.7. The molecular formula is C13H15N5OS3. The Bertz CT molecular complexity index is 853. The van der Waals surface area contributed by atoms with Gasteiger partial charge >= 0.3 is 0 Å². The Morgan fingerprint density at radius 1 is 1.36 bits per heavy atom. The smallest absolute Gasteiger partial charge is 0.275 e. The number of nitrogens with zero attached hydrogens (tertiary/aromatic N) is 5. The molecule has 0 fully saturated rings. The van der Waals surface area contributed by atoms with Crippen LogP contribution in [0.1, 0.15) is 16.4 Å². The van der Waals surface area contributed by atoms with Crippen LogP contribution in [0.3, 0.4) is 0 Å². The SMILES string of the molecule is CSc1nn2c(=O)cc(CN(C)Cc3nc(C)cs3)nc2s1. The molecule has 0 aliphatic rings. The molecule has 3 aromatic rings. The quantitative estimate of drug-likeness (QED) is 0.656. The van der Waals surface area contributed by atoms with Crippen LogP contribution in [0.15, 0.2) is 20.6 Å². The molecule has 6 nitrogen and oxygen atoms in total. The summed E-state index contributed by atoms with van der Waals surface area (Å²) in [6, 6.07) is 1.56. The number of aromatic nitrogens is 4. The van der Waals surface area contributed by atoms with Crippen LogP contribution in [-0.4, -0.2) is 37.8 Å². The molecule has 0 saturated heterocycles. The van der Waals surface area contributed by atoms with E-state index in [1.165, 1.54) is 27.6 Å². The Balaban J connectivity index is 1.79. The molecule has 0 aliphatic carbocycles. The highest BCUT2D eigenvalue weighted by Gasteiger charge is 2.11. The summed E-state index contributed by atoms with van der Waals surface area (Å²) in [4.78, 5) is 23.8. The van der Waals surface area contributed by atoms with Gasteiger partial charge in [-0.1, -0.05) is 23.1 Å². The minimum atomic E-state index is -0.130. The van der Waals surface area contributed by atoms with E-state index in [1.54, 1.807) is 17.4 Å². The van der Waals surface area contributed by atoms with E-state index in [-0.39, 0.29) is 5.56 Å². The van der Waals surface area contributed by atoms with Crippen molar-refractivity contribution in [3.8, 4) is 0 Å². The maximum absolute atomic E-state index is 12.1. The summed E-state index contributed by atoms with van der Waals surface area (Å²) in [6.07, 6.45) is 1.94. The minimum Gasteiger partial charge on any atom is -0.294 e. The van der Waals surface area contributed by atoms with Gasteiger partial charge in [-0.25, -0.2) is 9.97 Å². The lowest BCUT2D eigenvalue weighted by Crippen LogP contribution is -2.21. The van der Waals surface area contributed by atoms with Crippen LogP contribution in [0.25, 0.3) is 4.96 Å². The maximum atomic E-state index is 12.1. The zero-order valence-electron chi connectivity index (χ0n) is 12.4. The summed E-state index contributed by atoms with van der Waals surface area (Å²) in [6.45, 7) is 3.35. The minimum absolute atomic E-state index is 0.130. The number of thiazole rings is 1. The van der Waals surface area contributed by atoms with Crippen molar-refractivity contribution >= 4 is 39.4 Å². The van der Waals surface area contributed by atoms with Gasteiger partial charge in [-0.3, -0.25) is 9.69 Å². The molecule has 0 amide bonds. The molecule has 0 atom stereocenters. The third-order valence-corrected chi connectivity index (χ3v) is 5.79. The first-order chi connectivity index (χ1) is 10.5. The van der Waals surface area contributed by atoms with E-state index in [9.17, 15) is 4.79 Å². The maximum Gasteiger partial charge on any atom is 0.275 e. The van der Waals surface area contributed by atoms with E-state index >= 15 is 0 Å². The van der Waals surface area contributed by atoms with Gasteiger partial charge in [-0.15, -0.1) is 16.4 Å². The number of thioether (sulfide) groups is 1. The lowest BCUT2D eigenvalue weighted by molar-refractivity contribution is 0.314. The van der Waals surface area contributed by atoms with Gasteiger partial charge in [0.1, 0.15) is 5.01 Å². The predicted molar refractivity (Wildman–Crippen MR) is 90.9 cm³/mol. The van der Waals surface area contributed by atoms with Crippen molar-refractivity contribution in [2.45, 2.75) is 24.4 Å². The van der Waals surface area contributed by atoms with Crippen LogP contribution in [0.2, 0.25) is 0 Å². The normalized spacial score (nSPS) is 11.6. The van der Waals surface area contributed by atoms with Crippen molar-refractivity contribution < 1.29 is 0 Å². The molecule has 0 aromatic carbocycles. The number of fused-ring (bicyclic) bond motifs is 1. The summed E-state index contributed by atoms with van der Waals surface area (Å²) in [5.41, 5.74) is 1.67. The van der Waals surface area contributed by atoms with Gasteiger partial charge in [0.05, 0.1) is 12.2 Å². The highest BCUT2D eigenvalue weighted by atomic mass is 32.2. The standard InChI is InChI=1S/C13H15N5OS3/c1-8-7-21-10(14-8)6-17(2)5-9-4-11(19)18-12(15-9)22-13(16-18)20-3/h4,7H,5-6H2,1-3H3. The topological polar surface area (TPSA) is 63.4 Å². The van der Waals surface area contributed by atoms with E-state index in [2.05, 4.69) is 20.0 Å². The number of hydrogen-bond donors (Lipinski definition) is 0. The molecule has 0 N–H and O–H groups in total. The first-order valence-electron chi connectivity index (χ1n) is 6.58. The highest BCUT2D eigenvalue weighted by Crippen LogP contribution is 2.20. The second kappa shape index (κ2) is 6.45. The molecule has 3 heterocycles. The summed E-state index contributed by atoms with van der Waals surface area (Å²) in [5, 5.41) is 7.34. The van der Waals surface area contributed by atoms with E-state index in [0.29, 0.717) is 11.5 Å². The number of aryl methyl sites for hydroxylation is 1. The largest absolute Gasteiger partial charge is 0.294 e. The van der Waals surface area contributed by atoms with Crippen molar-refractivity contribution in [1.82, 2.24) is 24.5 Å². The van der Waals surface area contributed by atoms with Crippen LogP contribution in [0, 0.1) is 6.92 Å². The Labute approximate surface area is 139 Å². The van der Waals surface area contributed by atoms with Crippen LogP contribution in [-0.2, 0) is 13.1 Å². The summed E-state index contributed by atoms with van der Waals surface area (Å²) in [5.74, 6) is 0. The number of hydrogen-bond acceptors (Lipinski definition) is 8. The fourth-order valence-electron chi connectivity index (χ4n) is 2.04. The Hall–Kier alpha value is -1.29. The lowest BCUT2D eigenvalue weighted by atomic mass is 10.3. The lowest BCUT2D eigenvalue weighted by Gasteiger charge is -2.14. The molecule has 22 heavy (non-hydrogen) atoms. The molecular weight excluding hydrogens is 338 g/mol. The molecule has 0 bridgehead atoms. The highest BCUT2D eigenvalue weighted by molar-refractivity contribution is 8.00. The second-order valence-electron chi connectivity index (χ2n) is 4.91. The van der Waals surface area contributed by atoms with E-state index in [0.717, 1.165) is 27.3 Å². The fourth-order valence-corrected chi connectivity index (χ4v) is 4.27. The van der Waals surface area contributed by atoms with Gasteiger partial charge in [0.2, 0.25) is 4.96 Å². The van der Waals surface area contributed by atoms with Gasteiger partial charge in [0.25, 0.3) is 5.56 Å². The average Bonchev–Trinajstić information content (AvgIpc) is 3.05. The van der Waals surface area contributed by atoms with Crippen LogP contribution >= 0.6 is 34.4 Å². The first-order valence-corrected chi connectivity index (χ1v) is 9.50. The molecule has 3 aromatic heterocycles. The third-order valence-electron chi connectivity index (χ3n) is 2.96. The van der Waals surface area contributed by atoms with Crippen LogP contribution in [0.5, 0.6) is 0 Å². The second-order valence-corrected chi connectivity index (χ2v) is 7.86. The van der Waals surface area contributed by atoms with Gasteiger partial charge in [-0.2, -0.15) is 4.52 Å². The van der Waals surface area contributed by atoms with Gasteiger partial charge in [0.15, 0.2) is 4.34 Å². The van der Waals surface area contributed by atoms with Gasteiger partial charge < -0.3 is 0 Å². The molecule has 3 rings (SSSR count). The zero-order valence-corrected chi connectivity index (χ0v) is 14.9. The molecule has 0 unspecified atom stereocenters. The predicted octanol–water partition coefficient (Wildman–Crippen LogP) is 2.27. The molecule has 0 saturated carbocycles. The molecule has 0 aliphatic heterocycles. The molecule has 9 heteroatoms. The van der Waals surface area contributed by atoms with E-state index in [1.807, 2.05) is 25.6 Å². The monoisotopic (exact) mass is 353 g/mol. The average molecular weight is 353 g/mol. The van der Waals surface area contributed by atoms with Gasteiger partial charge in [-0.05, 0) is 20.2 Å². The Kier molecular flexibility index (Phi) is 4.57. The first kappa shape index (κ1) is 15.6. The summed E-state index contributed by atoms with van der Waals surface area (Å²) < 4.78 is 2.21. The summed E-state index contributed by atoms with van der Waals surface area (Å²) in [7, 11) is 2.00. The van der Waals surface area contributed by atoms with Crippen molar-refractivity contribution in [2.75, 3.05) is 13.3 Å². The van der Waals surface area contributed by atoms with Crippen molar-refractivity contribution in [2.24, 2.45) is 0 Å². The molecule has 0 spiro atoms. The van der Waals surface area contributed by atoms with Crippen molar-refractivity contribution in [1.29, 1.82) is 0 Å². The van der Waals surface area contributed by atoms with Crippen molar-refractivity contribution in [3.63, 3.8) is 0 Å². The van der Waals surface area contributed by atoms with E-state index < -0.39 is 0 Å². The molecule has 0 radical (unpaired) electrons.